The van der Waals surface area contributed by atoms with Crippen LogP contribution in [0.4, 0.5) is 8.78 Å². The fourth-order valence-corrected chi connectivity index (χ4v) is 1.20. The zero-order valence-corrected chi connectivity index (χ0v) is 7.77. The summed E-state index contributed by atoms with van der Waals surface area (Å²) in [5, 5.41) is 0. The summed E-state index contributed by atoms with van der Waals surface area (Å²) in [6, 6.07) is -0.169. The van der Waals surface area contributed by atoms with Gasteiger partial charge < -0.3 is 0 Å². The Morgan fingerprint density at radius 2 is 1.77 bits per heavy atom. The molecular formula is C8H3BrF2O2. The first-order chi connectivity index (χ1) is 6.02. The van der Waals surface area contributed by atoms with Crippen LogP contribution in [-0.4, -0.2) is 12.1 Å². The molecule has 0 aliphatic rings. The normalized spacial score (nSPS) is 9.77. The summed E-state index contributed by atoms with van der Waals surface area (Å²) >= 11 is 2.89. The molecule has 1 aromatic carbocycles. The Morgan fingerprint density at radius 1 is 1.15 bits per heavy atom. The van der Waals surface area contributed by atoms with Crippen LogP contribution in [0.1, 0.15) is 20.7 Å². The molecule has 0 fully saturated rings. The summed E-state index contributed by atoms with van der Waals surface area (Å²) in [6.45, 7) is 0. The highest BCUT2D eigenvalue weighted by Crippen LogP contribution is 2.19. The predicted octanol–water partition coefficient (Wildman–Crippen LogP) is 2.67. The van der Waals surface area contributed by atoms with Crippen molar-refractivity contribution in [1.82, 2.24) is 0 Å². The van der Waals surface area contributed by atoms with E-state index in [1.54, 1.807) is 0 Å². The molecule has 0 spiro atoms. The van der Waals surface area contributed by atoms with Gasteiger partial charge in [0.1, 0.15) is 0 Å². The summed E-state index contributed by atoms with van der Waals surface area (Å²) in [5.74, 6) is 0. The van der Waals surface area contributed by atoms with E-state index in [0.717, 1.165) is 12.1 Å². The highest BCUT2D eigenvalue weighted by molar-refractivity contribution is 9.10. The second-order valence-corrected chi connectivity index (χ2v) is 3.10. The Balaban J connectivity index is 3.27. The highest BCUT2D eigenvalue weighted by Gasteiger charge is 2.12. The van der Waals surface area contributed by atoms with Crippen LogP contribution in [-0.2, 0) is 0 Å². The first kappa shape index (κ1) is 9.98. The second kappa shape index (κ2) is 3.74. The van der Waals surface area contributed by atoms with Crippen LogP contribution in [0.15, 0.2) is 22.7 Å². The molecule has 0 radical (unpaired) electrons. The van der Waals surface area contributed by atoms with Gasteiger partial charge in [-0.2, -0.15) is 8.78 Å². The molecule has 1 aromatic rings. The number of rotatable bonds is 2. The van der Waals surface area contributed by atoms with Gasteiger partial charge in [0, 0.05) is 4.47 Å². The monoisotopic (exact) mass is 248 g/mol. The summed E-state index contributed by atoms with van der Waals surface area (Å²) in [6.07, 6.45) is 0. The third kappa shape index (κ3) is 2.18. The fraction of sp³-hybridized carbons (Fsp3) is 0. The second-order valence-electron chi connectivity index (χ2n) is 2.24. The Bertz CT molecular complexity index is 376. The van der Waals surface area contributed by atoms with Gasteiger partial charge in [0.25, 0.3) is 0 Å². The van der Waals surface area contributed by atoms with Crippen LogP contribution in [0, 0.1) is 0 Å². The van der Waals surface area contributed by atoms with Gasteiger partial charge in [-0.1, -0.05) is 0 Å². The molecule has 0 atom stereocenters. The predicted molar refractivity (Wildman–Crippen MR) is 45.0 cm³/mol. The van der Waals surface area contributed by atoms with Crippen molar-refractivity contribution in [3.63, 3.8) is 0 Å². The van der Waals surface area contributed by atoms with Crippen molar-refractivity contribution in [1.29, 1.82) is 0 Å². The van der Waals surface area contributed by atoms with Crippen molar-refractivity contribution < 1.29 is 18.4 Å². The number of benzene rings is 1. The van der Waals surface area contributed by atoms with E-state index in [9.17, 15) is 18.4 Å². The summed E-state index contributed by atoms with van der Waals surface area (Å²) < 4.78 is 24.5. The molecule has 1 rings (SSSR count). The molecule has 2 nitrogen and oxygen atoms in total. The van der Waals surface area contributed by atoms with Crippen molar-refractivity contribution in [3.8, 4) is 0 Å². The molecule has 0 amide bonds. The van der Waals surface area contributed by atoms with Crippen LogP contribution in [0.3, 0.4) is 0 Å². The molecule has 68 valence electrons. The van der Waals surface area contributed by atoms with Crippen molar-refractivity contribution >= 4 is 28.0 Å². The van der Waals surface area contributed by atoms with Crippen molar-refractivity contribution in [2.45, 2.75) is 0 Å². The topological polar surface area (TPSA) is 34.1 Å². The quantitative estimate of drug-likeness (QED) is 0.755. The minimum Gasteiger partial charge on any atom is -0.255 e. The van der Waals surface area contributed by atoms with Gasteiger partial charge in [-0.3, -0.25) is 9.59 Å². The third-order valence-electron chi connectivity index (χ3n) is 1.41. The van der Waals surface area contributed by atoms with Crippen LogP contribution in [0.2, 0.25) is 0 Å². The lowest BCUT2D eigenvalue weighted by atomic mass is 10.1. The molecule has 5 heteroatoms. The van der Waals surface area contributed by atoms with Crippen molar-refractivity contribution in [3.05, 3.63) is 33.8 Å². The first-order valence-electron chi connectivity index (χ1n) is 3.21. The maximum Gasteiger partial charge on any atom is 0.333 e. The number of hydrogen-bond acceptors (Lipinski definition) is 2. The largest absolute Gasteiger partial charge is 0.333 e. The lowest BCUT2D eigenvalue weighted by Gasteiger charge is -1.98. The lowest BCUT2D eigenvalue weighted by molar-refractivity contribution is 0.0834. The van der Waals surface area contributed by atoms with Gasteiger partial charge in [0.05, 0.1) is 11.1 Å². The summed E-state index contributed by atoms with van der Waals surface area (Å²) in [4.78, 5) is 20.5. The summed E-state index contributed by atoms with van der Waals surface area (Å²) in [5.41, 5.74) is -0.701. The number of carbonyl (C=O) groups is 2. The first-order valence-corrected chi connectivity index (χ1v) is 4.01. The average Bonchev–Trinajstić information content (AvgIpc) is 2.04. The molecule has 0 N–H and O–H groups in total. The molecule has 0 saturated heterocycles. The van der Waals surface area contributed by atoms with Gasteiger partial charge in [-0.25, -0.2) is 0 Å². The number of hydrogen-bond donors (Lipinski definition) is 0. The molecule has 0 unspecified atom stereocenters. The smallest absolute Gasteiger partial charge is 0.255 e. The molecular weight excluding hydrogens is 246 g/mol. The van der Waals surface area contributed by atoms with Crippen molar-refractivity contribution in [2.75, 3.05) is 0 Å². The molecule has 0 aliphatic heterocycles. The fourth-order valence-electron chi connectivity index (χ4n) is 0.798. The van der Waals surface area contributed by atoms with Crippen molar-refractivity contribution in [2.24, 2.45) is 0 Å². The third-order valence-corrected chi connectivity index (χ3v) is 2.10. The van der Waals surface area contributed by atoms with E-state index in [4.69, 9.17) is 0 Å². The van der Waals surface area contributed by atoms with E-state index in [1.165, 1.54) is 6.07 Å². The van der Waals surface area contributed by atoms with Crippen LogP contribution in [0.5, 0.6) is 0 Å². The molecule has 13 heavy (non-hydrogen) atoms. The molecule has 0 aliphatic carbocycles. The Labute approximate surface area is 80.7 Å². The van der Waals surface area contributed by atoms with Gasteiger partial charge in [0.2, 0.25) is 0 Å². The Morgan fingerprint density at radius 3 is 2.23 bits per heavy atom. The zero-order chi connectivity index (χ0) is 10.0. The SMILES string of the molecule is O=C(F)c1ccc(Br)c(C(=O)F)c1. The minimum absolute atomic E-state index is 0.185. The maximum absolute atomic E-state index is 12.2. The Hall–Kier alpha value is -1.10. The van der Waals surface area contributed by atoms with E-state index in [-0.39, 0.29) is 15.6 Å². The van der Waals surface area contributed by atoms with Crippen LogP contribution >= 0.6 is 15.9 Å². The van der Waals surface area contributed by atoms with Gasteiger partial charge >= 0.3 is 12.1 Å². The maximum atomic E-state index is 12.2. The molecule has 0 saturated carbocycles. The van der Waals surface area contributed by atoms with Gasteiger partial charge in [0.15, 0.2) is 0 Å². The number of carbonyl (C=O) groups excluding carboxylic acids is 2. The minimum atomic E-state index is -1.71. The van der Waals surface area contributed by atoms with E-state index >= 15 is 0 Å². The standard InChI is InChI=1S/C8H3BrF2O2/c9-6-2-1-4(7(10)12)3-5(6)8(11)13/h1-3H. The van der Waals surface area contributed by atoms with E-state index < -0.39 is 12.1 Å². The average molecular weight is 249 g/mol. The highest BCUT2D eigenvalue weighted by atomic mass is 79.9. The zero-order valence-electron chi connectivity index (χ0n) is 6.18. The Kier molecular flexibility index (Phi) is 2.87. The van der Waals surface area contributed by atoms with E-state index in [2.05, 4.69) is 15.9 Å². The van der Waals surface area contributed by atoms with Crippen LogP contribution in [0.25, 0.3) is 0 Å². The molecule has 0 heterocycles. The molecule has 0 aromatic heterocycles. The van der Waals surface area contributed by atoms with E-state index in [0.29, 0.717) is 0 Å². The molecule has 0 bridgehead atoms. The lowest BCUT2D eigenvalue weighted by Crippen LogP contribution is -1.97. The van der Waals surface area contributed by atoms with Crippen LogP contribution < -0.4 is 0 Å². The number of halogens is 3. The van der Waals surface area contributed by atoms with Gasteiger partial charge in [-0.15, -0.1) is 0 Å². The summed E-state index contributed by atoms with van der Waals surface area (Å²) in [7, 11) is 0. The van der Waals surface area contributed by atoms with Gasteiger partial charge in [-0.05, 0) is 34.1 Å². The van der Waals surface area contributed by atoms with E-state index in [1.807, 2.05) is 0 Å².